The fraction of sp³-hybridized carbons (Fsp3) is 0.320. The lowest BCUT2D eigenvalue weighted by Crippen LogP contribution is -2.39. The Morgan fingerprint density at radius 2 is 1.88 bits per heavy atom. The summed E-state index contributed by atoms with van der Waals surface area (Å²) in [6, 6.07) is 6.82. The number of hydrogen-bond donors (Lipinski definition) is 0. The third-order valence-electron chi connectivity index (χ3n) is 6.24. The maximum Gasteiger partial charge on any atom is 0.271 e. The summed E-state index contributed by atoms with van der Waals surface area (Å²) in [6.07, 6.45) is 1.90. The Hall–Kier alpha value is -3.39. The lowest BCUT2D eigenvalue weighted by atomic mass is 9.92. The molecule has 0 saturated carbocycles. The molecule has 1 aromatic carbocycles. The molecular formula is C25H27N3O4S. The molecule has 0 aliphatic carbocycles. The maximum absolute atomic E-state index is 13.7. The number of allylic oxidation sites excluding steroid dienone is 2. The summed E-state index contributed by atoms with van der Waals surface area (Å²) in [5, 5.41) is 0. The standard InChI is InChI=1S/C25H27N3O4S/c1-13-10-17(15(3)27(13)5)11-21-24(30)28-23(19-9-8-18(31-6)12-20(19)32-7)22(16(4)29)14(2)26-25(28)33-21/h8-12,23H,1-7H3/b21-11-/t23-/m0/s1. The first-order chi connectivity index (χ1) is 15.7. The third-order valence-corrected chi connectivity index (χ3v) is 7.22. The van der Waals surface area contributed by atoms with Crippen molar-refractivity contribution in [2.75, 3.05) is 14.2 Å². The van der Waals surface area contributed by atoms with E-state index in [0.29, 0.717) is 37.7 Å². The molecule has 3 aromatic rings. The van der Waals surface area contributed by atoms with Gasteiger partial charge >= 0.3 is 0 Å². The number of aryl methyl sites for hydroxylation is 1. The average Bonchev–Trinajstić information content (AvgIpc) is 3.22. The number of ketones is 1. The van der Waals surface area contributed by atoms with E-state index >= 15 is 0 Å². The van der Waals surface area contributed by atoms with Crippen LogP contribution in [0.3, 0.4) is 0 Å². The van der Waals surface area contributed by atoms with Gasteiger partial charge in [0.1, 0.15) is 11.5 Å². The Morgan fingerprint density at radius 3 is 2.45 bits per heavy atom. The van der Waals surface area contributed by atoms with Crippen molar-refractivity contribution in [1.82, 2.24) is 9.13 Å². The molecule has 2 aromatic heterocycles. The van der Waals surface area contributed by atoms with E-state index in [2.05, 4.69) is 15.6 Å². The summed E-state index contributed by atoms with van der Waals surface area (Å²) in [6.45, 7) is 7.37. The van der Waals surface area contributed by atoms with Gasteiger partial charge in [0.15, 0.2) is 10.6 Å². The molecule has 0 radical (unpaired) electrons. The number of benzene rings is 1. The van der Waals surface area contributed by atoms with Crippen molar-refractivity contribution >= 4 is 23.2 Å². The zero-order valence-electron chi connectivity index (χ0n) is 19.8. The van der Waals surface area contributed by atoms with Crippen LogP contribution in [-0.4, -0.2) is 29.1 Å². The molecule has 1 atom stereocenters. The minimum Gasteiger partial charge on any atom is -0.497 e. The van der Waals surface area contributed by atoms with E-state index in [4.69, 9.17) is 9.47 Å². The predicted molar refractivity (Wildman–Crippen MR) is 129 cm³/mol. The predicted octanol–water partition coefficient (Wildman–Crippen LogP) is 2.80. The number of rotatable bonds is 5. The van der Waals surface area contributed by atoms with E-state index in [1.807, 2.05) is 40.0 Å². The normalized spacial score (nSPS) is 16.0. The van der Waals surface area contributed by atoms with E-state index in [0.717, 1.165) is 17.0 Å². The molecule has 3 heterocycles. The first-order valence-corrected chi connectivity index (χ1v) is 11.4. The highest BCUT2D eigenvalue weighted by molar-refractivity contribution is 7.07. The first kappa shape index (κ1) is 22.8. The highest BCUT2D eigenvalue weighted by Gasteiger charge is 2.32. The van der Waals surface area contributed by atoms with Gasteiger partial charge in [-0.15, -0.1) is 0 Å². The second kappa shape index (κ2) is 8.51. The molecule has 0 spiro atoms. The Bertz CT molecular complexity index is 1490. The molecule has 0 fully saturated rings. The number of carbonyl (C=O) groups is 1. The van der Waals surface area contributed by atoms with Gasteiger partial charge in [-0.05, 0) is 57.5 Å². The molecule has 0 N–H and O–H groups in total. The largest absolute Gasteiger partial charge is 0.497 e. The van der Waals surface area contributed by atoms with E-state index in [1.165, 1.54) is 18.3 Å². The topological polar surface area (TPSA) is 74.8 Å². The minimum absolute atomic E-state index is 0.136. The van der Waals surface area contributed by atoms with Crippen LogP contribution < -0.4 is 24.4 Å². The summed E-state index contributed by atoms with van der Waals surface area (Å²) in [5.41, 5.74) is 4.77. The van der Waals surface area contributed by atoms with E-state index in [-0.39, 0.29) is 11.3 Å². The number of nitrogens with zero attached hydrogens (tertiary/aromatic N) is 3. The van der Waals surface area contributed by atoms with Crippen molar-refractivity contribution in [1.29, 1.82) is 0 Å². The van der Waals surface area contributed by atoms with Gasteiger partial charge in [0.05, 0.1) is 24.8 Å². The number of Topliss-reactive ketones (excluding diaryl/α,β-unsaturated/α-hetero) is 1. The third kappa shape index (κ3) is 3.74. The van der Waals surface area contributed by atoms with Crippen molar-refractivity contribution in [3.8, 4) is 11.5 Å². The molecule has 33 heavy (non-hydrogen) atoms. The van der Waals surface area contributed by atoms with E-state index < -0.39 is 6.04 Å². The Labute approximate surface area is 195 Å². The molecule has 7 nitrogen and oxygen atoms in total. The Morgan fingerprint density at radius 1 is 1.15 bits per heavy atom. The number of aromatic nitrogens is 2. The van der Waals surface area contributed by atoms with Crippen LogP contribution in [0.4, 0.5) is 0 Å². The van der Waals surface area contributed by atoms with Gasteiger partial charge in [0.2, 0.25) is 0 Å². The van der Waals surface area contributed by atoms with Gasteiger partial charge in [-0.25, -0.2) is 4.99 Å². The summed E-state index contributed by atoms with van der Waals surface area (Å²) >= 11 is 1.33. The van der Waals surface area contributed by atoms with Crippen LogP contribution in [0.1, 0.15) is 42.4 Å². The smallest absolute Gasteiger partial charge is 0.271 e. The van der Waals surface area contributed by atoms with Crippen LogP contribution in [0.25, 0.3) is 6.08 Å². The van der Waals surface area contributed by atoms with Crippen molar-refractivity contribution < 1.29 is 14.3 Å². The van der Waals surface area contributed by atoms with Gasteiger partial charge in [0, 0.05) is 41.3 Å². The summed E-state index contributed by atoms with van der Waals surface area (Å²) in [5.74, 6) is 1.03. The zero-order valence-corrected chi connectivity index (χ0v) is 20.7. The van der Waals surface area contributed by atoms with E-state index in [9.17, 15) is 9.59 Å². The van der Waals surface area contributed by atoms with Crippen LogP contribution >= 0.6 is 11.3 Å². The molecule has 0 unspecified atom stereocenters. The number of thiazole rings is 1. The van der Waals surface area contributed by atoms with Gasteiger partial charge in [-0.1, -0.05) is 11.3 Å². The van der Waals surface area contributed by atoms with Gasteiger partial charge in [-0.2, -0.15) is 0 Å². The van der Waals surface area contributed by atoms with Crippen LogP contribution in [0.15, 0.2) is 45.3 Å². The number of carbonyl (C=O) groups excluding carboxylic acids is 1. The average molecular weight is 466 g/mol. The van der Waals surface area contributed by atoms with Crippen LogP contribution in [-0.2, 0) is 11.8 Å². The first-order valence-electron chi connectivity index (χ1n) is 10.6. The van der Waals surface area contributed by atoms with Crippen LogP contribution in [0, 0.1) is 13.8 Å². The van der Waals surface area contributed by atoms with Crippen molar-refractivity contribution in [2.45, 2.75) is 33.7 Å². The molecule has 1 aliphatic rings. The highest BCUT2D eigenvalue weighted by Crippen LogP contribution is 2.37. The second-order valence-corrected chi connectivity index (χ2v) is 9.14. The van der Waals surface area contributed by atoms with Gasteiger partial charge < -0.3 is 14.0 Å². The fourth-order valence-corrected chi connectivity index (χ4v) is 5.32. The van der Waals surface area contributed by atoms with Crippen molar-refractivity contribution in [3.63, 3.8) is 0 Å². The molecular weight excluding hydrogens is 438 g/mol. The zero-order chi connectivity index (χ0) is 24.0. The molecule has 0 saturated heterocycles. The van der Waals surface area contributed by atoms with Gasteiger partial charge in [-0.3, -0.25) is 14.2 Å². The minimum atomic E-state index is -0.639. The Balaban J connectivity index is 2.02. The monoisotopic (exact) mass is 465 g/mol. The molecule has 0 amide bonds. The lowest BCUT2D eigenvalue weighted by molar-refractivity contribution is -0.114. The second-order valence-electron chi connectivity index (χ2n) is 8.13. The van der Waals surface area contributed by atoms with Crippen molar-refractivity contribution in [3.05, 3.63) is 77.7 Å². The molecule has 172 valence electrons. The fourth-order valence-electron chi connectivity index (χ4n) is 4.28. The Kier molecular flexibility index (Phi) is 5.88. The van der Waals surface area contributed by atoms with E-state index in [1.54, 1.807) is 30.9 Å². The summed E-state index contributed by atoms with van der Waals surface area (Å²) < 4.78 is 15.2. The van der Waals surface area contributed by atoms with Crippen LogP contribution in [0.5, 0.6) is 11.5 Å². The summed E-state index contributed by atoms with van der Waals surface area (Å²) in [4.78, 5) is 31.6. The molecule has 4 rings (SSSR count). The molecule has 0 bridgehead atoms. The van der Waals surface area contributed by atoms with Crippen molar-refractivity contribution in [2.24, 2.45) is 12.0 Å². The quantitative estimate of drug-likeness (QED) is 0.581. The maximum atomic E-state index is 13.7. The number of hydrogen-bond acceptors (Lipinski definition) is 6. The lowest BCUT2D eigenvalue weighted by Gasteiger charge is -2.26. The summed E-state index contributed by atoms with van der Waals surface area (Å²) in [7, 11) is 5.14. The molecule has 8 heteroatoms. The van der Waals surface area contributed by atoms with Gasteiger partial charge in [0.25, 0.3) is 5.56 Å². The molecule has 1 aliphatic heterocycles. The highest BCUT2D eigenvalue weighted by atomic mass is 32.1. The van der Waals surface area contributed by atoms with Crippen LogP contribution in [0.2, 0.25) is 0 Å². The number of ether oxygens (including phenoxy) is 2. The SMILES string of the molecule is COc1ccc([C@H]2C(C(C)=O)=C(C)N=c3s/c(=C\c4cc(C)n(C)c4C)c(=O)n32)c(OC)c1. The number of fused-ring (bicyclic) bond motifs is 1. The number of methoxy groups -OCH3 is 2.